The number of amides is 2. The summed E-state index contributed by atoms with van der Waals surface area (Å²) in [6, 6.07) is 18.9. The second kappa shape index (κ2) is 6.07. The Morgan fingerprint density at radius 1 is 0.957 bits per heavy atom. The van der Waals surface area contributed by atoms with Crippen molar-refractivity contribution in [3.63, 3.8) is 0 Å². The molecule has 0 bridgehead atoms. The first-order valence-corrected chi connectivity index (χ1v) is 8.51. The summed E-state index contributed by atoms with van der Waals surface area (Å²) in [6.45, 7) is 0. The quantitative estimate of drug-likeness (QED) is 0.876. The SMILES string of the molecule is O=C(N[C@H]1CCc2ccccc21)N[C@@H](c1ccccc1)C1CC1. The van der Waals surface area contributed by atoms with Gasteiger partial charge < -0.3 is 10.6 Å². The molecule has 23 heavy (non-hydrogen) atoms. The summed E-state index contributed by atoms with van der Waals surface area (Å²) in [5, 5.41) is 6.37. The minimum absolute atomic E-state index is 0.0487. The third-order valence-corrected chi connectivity index (χ3v) is 4.98. The van der Waals surface area contributed by atoms with Crippen molar-refractivity contribution in [2.45, 2.75) is 37.8 Å². The minimum Gasteiger partial charge on any atom is -0.331 e. The van der Waals surface area contributed by atoms with Crippen LogP contribution in [0.4, 0.5) is 4.79 Å². The molecule has 2 amide bonds. The fourth-order valence-electron chi connectivity index (χ4n) is 3.61. The molecule has 4 rings (SSSR count). The molecular formula is C20H22N2O. The number of carbonyl (C=O) groups excluding carboxylic acids is 1. The molecule has 3 heteroatoms. The van der Waals surface area contributed by atoms with E-state index in [9.17, 15) is 4.79 Å². The van der Waals surface area contributed by atoms with E-state index in [2.05, 4.69) is 41.0 Å². The molecule has 118 valence electrons. The van der Waals surface area contributed by atoms with Crippen LogP contribution in [0.1, 0.15) is 48.0 Å². The van der Waals surface area contributed by atoms with E-state index in [0.29, 0.717) is 5.92 Å². The summed E-state index contributed by atoms with van der Waals surface area (Å²) in [5.41, 5.74) is 3.84. The van der Waals surface area contributed by atoms with Crippen LogP contribution in [-0.2, 0) is 6.42 Å². The first-order chi connectivity index (χ1) is 11.3. The zero-order valence-electron chi connectivity index (χ0n) is 13.2. The zero-order valence-corrected chi connectivity index (χ0v) is 13.2. The highest BCUT2D eigenvalue weighted by atomic mass is 16.2. The van der Waals surface area contributed by atoms with Gasteiger partial charge in [0.15, 0.2) is 0 Å². The molecule has 2 aromatic rings. The first kappa shape index (κ1) is 14.3. The molecule has 0 saturated heterocycles. The van der Waals surface area contributed by atoms with E-state index in [-0.39, 0.29) is 18.1 Å². The number of urea groups is 1. The minimum atomic E-state index is -0.0487. The molecule has 2 N–H and O–H groups in total. The molecule has 0 unspecified atom stereocenters. The number of hydrogen-bond donors (Lipinski definition) is 2. The van der Waals surface area contributed by atoms with Gasteiger partial charge >= 0.3 is 6.03 Å². The van der Waals surface area contributed by atoms with Crippen LogP contribution in [0.5, 0.6) is 0 Å². The van der Waals surface area contributed by atoms with E-state index >= 15 is 0 Å². The van der Waals surface area contributed by atoms with Crippen LogP contribution in [0, 0.1) is 5.92 Å². The number of carbonyl (C=O) groups is 1. The number of rotatable bonds is 4. The molecule has 1 fully saturated rings. The molecule has 0 aromatic heterocycles. The number of nitrogens with one attached hydrogen (secondary N) is 2. The van der Waals surface area contributed by atoms with Gasteiger partial charge in [0.2, 0.25) is 0 Å². The second-order valence-electron chi connectivity index (χ2n) is 6.63. The molecule has 3 nitrogen and oxygen atoms in total. The lowest BCUT2D eigenvalue weighted by molar-refractivity contribution is 0.231. The zero-order chi connectivity index (χ0) is 15.6. The summed E-state index contributed by atoms with van der Waals surface area (Å²) in [7, 11) is 0. The van der Waals surface area contributed by atoms with Crippen LogP contribution in [0.15, 0.2) is 54.6 Å². The monoisotopic (exact) mass is 306 g/mol. The lowest BCUT2D eigenvalue weighted by Gasteiger charge is -2.21. The Bertz CT molecular complexity index is 694. The van der Waals surface area contributed by atoms with Crippen molar-refractivity contribution in [3.8, 4) is 0 Å². The van der Waals surface area contributed by atoms with E-state index in [1.54, 1.807) is 0 Å². The van der Waals surface area contributed by atoms with Crippen molar-refractivity contribution in [3.05, 3.63) is 71.3 Å². The predicted octanol–water partition coefficient (Wildman–Crippen LogP) is 4.12. The Morgan fingerprint density at radius 3 is 2.48 bits per heavy atom. The molecule has 2 aliphatic carbocycles. The highest BCUT2D eigenvalue weighted by molar-refractivity contribution is 5.75. The molecule has 2 atom stereocenters. The van der Waals surface area contributed by atoms with Crippen LogP contribution in [0.25, 0.3) is 0 Å². The Morgan fingerprint density at radius 2 is 1.70 bits per heavy atom. The molecule has 0 heterocycles. The standard InChI is InChI=1S/C20H22N2O/c23-20(21-18-13-12-14-6-4-5-9-17(14)18)22-19(16-10-11-16)15-7-2-1-3-8-15/h1-9,16,18-19H,10-13H2,(H2,21,22,23)/t18-,19-/m0/s1. The number of hydrogen-bond acceptors (Lipinski definition) is 1. The van der Waals surface area contributed by atoms with Gasteiger partial charge in [-0.25, -0.2) is 4.79 Å². The van der Waals surface area contributed by atoms with Gasteiger partial charge in [-0.05, 0) is 48.3 Å². The van der Waals surface area contributed by atoms with Crippen molar-refractivity contribution in [2.75, 3.05) is 0 Å². The smallest absolute Gasteiger partial charge is 0.315 e. The molecule has 0 aliphatic heterocycles. The van der Waals surface area contributed by atoms with Gasteiger partial charge in [-0.2, -0.15) is 0 Å². The summed E-state index contributed by atoms with van der Waals surface area (Å²) < 4.78 is 0. The third-order valence-electron chi connectivity index (χ3n) is 4.98. The van der Waals surface area contributed by atoms with E-state index in [4.69, 9.17) is 0 Å². The normalized spacial score (nSPS) is 20.6. The van der Waals surface area contributed by atoms with E-state index in [1.165, 1.54) is 29.5 Å². The fraction of sp³-hybridized carbons (Fsp3) is 0.350. The molecule has 0 spiro atoms. The highest BCUT2D eigenvalue weighted by Gasteiger charge is 2.34. The maximum Gasteiger partial charge on any atom is 0.315 e. The number of aryl methyl sites for hydroxylation is 1. The average Bonchev–Trinajstić information content (AvgIpc) is 3.36. The number of fused-ring (bicyclic) bond motifs is 1. The maximum absolute atomic E-state index is 12.5. The van der Waals surface area contributed by atoms with Gasteiger partial charge in [0, 0.05) is 0 Å². The van der Waals surface area contributed by atoms with Crippen molar-refractivity contribution < 1.29 is 4.79 Å². The summed E-state index contributed by atoms with van der Waals surface area (Å²) in [6.07, 6.45) is 4.44. The lowest BCUT2D eigenvalue weighted by Crippen LogP contribution is -2.40. The van der Waals surface area contributed by atoms with Crippen molar-refractivity contribution in [1.82, 2.24) is 10.6 Å². The molecule has 2 aliphatic rings. The van der Waals surface area contributed by atoms with Crippen molar-refractivity contribution >= 4 is 6.03 Å². The Hall–Kier alpha value is -2.29. The largest absolute Gasteiger partial charge is 0.331 e. The molecule has 1 saturated carbocycles. The van der Waals surface area contributed by atoms with E-state index < -0.39 is 0 Å². The maximum atomic E-state index is 12.5. The van der Waals surface area contributed by atoms with E-state index in [1.807, 2.05) is 24.3 Å². The summed E-state index contributed by atoms with van der Waals surface area (Å²) in [4.78, 5) is 12.5. The third kappa shape index (κ3) is 3.09. The lowest BCUT2D eigenvalue weighted by atomic mass is 10.0. The fourth-order valence-corrected chi connectivity index (χ4v) is 3.61. The Labute approximate surface area is 137 Å². The topological polar surface area (TPSA) is 41.1 Å². The molecule has 2 aromatic carbocycles. The van der Waals surface area contributed by atoms with Crippen LogP contribution in [-0.4, -0.2) is 6.03 Å². The van der Waals surface area contributed by atoms with Gasteiger partial charge in [0.05, 0.1) is 12.1 Å². The van der Waals surface area contributed by atoms with Gasteiger partial charge in [0.25, 0.3) is 0 Å². The van der Waals surface area contributed by atoms with Gasteiger partial charge in [-0.1, -0.05) is 54.6 Å². The molecule has 0 radical (unpaired) electrons. The Kier molecular flexibility index (Phi) is 3.78. The number of benzene rings is 2. The van der Waals surface area contributed by atoms with Crippen LogP contribution < -0.4 is 10.6 Å². The van der Waals surface area contributed by atoms with Crippen LogP contribution in [0.3, 0.4) is 0 Å². The summed E-state index contributed by atoms with van der Waals surface area (Å²) >= 11 is 0. The summed E-state index contributed by atoms with van der Waals surface area (Å²) in [5.74, 6) is 0.582. The van der Waals surface area contributed by atoms with Gasteiger partial charge in [-0.15, -0.1) is 0 Å². The predicted molar refractivity (Wildman–Crippen MR) is 91.1 cm³/mol. The highest BCUT2D eigenvalue weighted by Crippen LogP contribution is 2.41. The van der Waals surface area contributed by atoms with Crippen molar-refractivity contribution in [2.24, 2.45) is 5.92 Å². The van der Waals surface area contributed by atoms with Crippen LogP contribution >= 0.6 is 0 Å². The van der Waals surface area contributed by atoms with Crippen LogP contribution in [0.2, 0.25) is 0 Å². The Balaban J connectivity index is 1.43. The van der Waals surface area contributed by atoms with Crippen molar-refractivity contribution in [1.29, 1.82) is 0 Å². The van der Waals surface area contributed by atoms with Gasteiger partial charge in [-0.3, -0.25) is 0 Å². The van der Waals surface area contributed by atoms with E-state index in [0.717, 1.165) is 12.8 Å². The average molecular weight is 306 g/mol. The van der Waals surface area contributed by atoms with Gasteiger partial charge in [0.1, 0.15) is 0 Å². The molecular weight excluding hydrogens is 284 g/mol. The first-order valence-electron chi connectivity index (χ1n) is 8.51. The second-order valence-corrected chi connectivity index (χ2v) is 6.63.